The van der Waals surface area contributed by atoms with Gasteiger partial charge in [-0.1, -0.05) is 20.8 Å². The summed E-state index contributed by atoms with van der Waals surface area (Å²) in [6.45, 7) is 10.3. The van der Waals surface area contributed by atoms with Crippen LogP contribution in [0.1, 0.15) is 75.3 Å². The first-order valence-corrected chi connectivity index (χ1v) is 11.9. The van der Waals surface area contributed by atoms with E-state index in [9.17, 15) is 23.2 Å². The number of rotatable bonds is 3. The van der Waals surface area contributed by atoms with Crippen LogP contribution < -0.4 is 5.32 Å². The van der Waals surface area contributed by atoms with E-state index in [-0.39, 0.29) is 12.1 Å². The summed E-state index contributed by atoms with van der Waals surface area (Å²) >= 11 is 0. The van der Waals surface area contributed by atoms with Gasteiger partial charge in [-0.05, 0) is 38.8 Å². The largest absolute Gasteiger partial charge is 0.444 e. The highest BCUT2D eigenvalue weighted by molar-refractivity contribution is 5.98. The highest BCUT2D eigenvalue weighted by Gasteiger charge is 2.47. The first-order chi connectivity index (χ1) is 16.5. The van der Waals surface area contributed by atoms with Crippen molar-refractivity contribution in [1.29, 1.82) is 5.26 Å². The lowest BCUT2D eigenvalue weighted by molar-refractivity contribution is -0.131. The van der Waals surface area contributed by atoms with E-state index in [2.05, 4.69) is 5.32 Å². The fourth-order valence-electron chi connectivity index (χ4n) is 4.24. The average Bonchev–Trinajstić information content (AvgIpc) is 3.08. The maximum absolute atomic E-state index is 13.7. The summed E-state index contributed by atoms with van der Waals surface area (Å²) in [5.74, 6) is -4.43. The minimum atomic E-state index is -3.13. The molecule has 1 aromatic heterocycles. The number of carbonyl (C=O) groups is 3. The van der Waals surface area contributed by atoms with Gasteiger partial charge < -0.3 is 19.9 Å². The molecular weight excluding hydrogens is 472 g/mol. The lowest BCUT2D eigenvalue weighted by Gasteiger charge is -2.32. The van der Waals surface area contributed by atoms with E-state index in [1.807, 2.05) is 20.8 Å². The molecule has 0 radical (unpaired) electrons. The Labute approximate surface area is 209 Å². The van der Waals surface area contributed by atoms with Gasteiger partial charge in [0.05, 0.1) is 42.7 Å². The molecule has 9 nitrogen and oxygen atoms in total. The van der Waals surface area contributed by atoms with Crippen molar-refractivity contribution in [2.24, 2.45) is 0 Å². The first-order valence-electron chi connectivity index (χ1n) is 11.9. The number of halogens is 2. The van der Waals surface area contributed by atoms with Crippen molar-refractivity contribution in [3.8, 4) is 6.07 Å². The summed E-state index contributed by atoms with van der Waals surface area (Å²) < 4.78 is 32.8. The van der Waals surface area contributed by atoms with E-state index < -0.39 is 60.4 Å². The van der Waals surface area contributed by atoms with Crippen molar-refractivity contribution in [3.05, 3.63) is 28.6 Å². The number of pyridine rings is 1. The van der Waals surface area contributed by atoms with Crippen LogP contribution in [0, 0.1) is 11.3 Å². The van der Waals surface area contributed by atoms with Gasteiger partial charge in [-0.2, -0.15) is 5.26 Å². The molecule has 1 saturated heterocycles. The van der Waals surface area contributed by atoms with E-state index in [1.54, 1.807) is 37.8 Å². The number of hydrogen-bond acceptors (Lipinski definition) is 6. The molecule has 3 amide bonds. The molecular formula is C25H33F2N5O4. The van der Waals surface area contributed by atoms with Crippen LogP contribution >= 0.6 is 0 Å². The lowest BCUT2D eigenvalue weighted by Crippen LogP contribution is -2.43. The van der Waals surface area contributed by atoms with Gasteiger partial charge in [-0.15, -0.1) is 0 Å². The normalized spacial score (nSPS) is 19.4. The average molecular weight is 506 g/mol. The lowest BCUT2D eigenvalue weighted by atomic mass is 9.86. The van der Waals surface area contributed by atoms with Gasteiger partial charge in [-0.25, -0.2) is 13.6 Å². The van der Waals surface area contributed by atoms with Gasteiger partial charge in [0.1, 0.15) is 11.6 Å². The molecule has 0 saturated carbocycles. The molecule has 1 aromatic rings. The van der Waals surface area contributed by atoms with Crippen LogP contribution in [0.2, 0.25) is 0 Å². The fourth-order valence-corrected chi connectivity index (χ4v) is 4.24. The van der Waals surface area contributed by atoms with Crippen molar-refractivity contribution >= 4 is 17.9 Å². The van der Waals surface area contributed by atoms with Crippen LogP contribution in [-0.4, -0.2) is 69.9 Å². The summed E-state index contributed by atoms with van der Waals surface area (Å²) in [5.41, 5.74) is 1.08. The topological polar surface area (TPSA) is 116 Å². The van der Waals surface area contributed by atoms with Crippen LogP contribution in [0.5, 0.6) is 0 Å². The number of hydrogen-bond donors (Lipinski definition) is 1. The van der Waals surface area contributed by atoms with E-state index in [0.29, 0.717) is 24.4 Å². The first kappa shape index (κ1) is 27.3. The van der Waals surface area contributed by atoms with Gasteiger partial charge in [0.25, 0.3) is 11.8 Å². The number of nitrogens with zero attached hydrogens (tertiary/aromatic N) is 4. The Kier molecular flexibility index (Phi) is 7.31. The predicted molar refractivity (Wildman–Crippen MR) is 126 cm³/mol. The number of carbonyl (C=O) groups excluding carboxylic acids is 3. The number of nitrogens with one attached hydrogen (secondary N) is 1. The van der Waals surface area contributed by atoms with E-state index in [1.165, 1.54) is 0 Å². The number of aromatic nitrogens is 1. The summed E-state index contributed by atoms with van der Waals surface area (Å²) in [4.78, 5) is 45.3. The Balaban J connectivity index is 1.78. The van der Waals surface area contributed by atoms with Gasteiger partial charge in [0, 0.05) is 18.4 Å². The molecule has 1 fully saturated rings. The summed E-state index contributed by atoms with van der Waals surface area (Å²) in [7, 11) is 0. The van der Waals surface area contributed by atoms with Gasteiger partial charge in [0.2, 0.25) is 5.91 Å². The smallest absolute Gasteiger partial charge is 0.410 e. The molecule has 2 aliphatic heterocycles. The van der Waals surface area contributed by atoms with E-state index in [0.717, 1.165) is 10.5 Å². The zero-order valence-corrected chi connectivity index (χ0v) is 21.6. The van der Waals surface area contributed by atoms with Crippen LogP contribution in [-0.2, 0) is 27.9 Å². The Hall–Kier alpha value is -3.29. The van der Waals surface area contributed by atoms with Crippen molar-refractivity contribution in [3.63, 3.8) is 0 Å². The maximum atomic E-state index is 13.7. The van der Waals surface area contributed by atoms with Gasteiger partial charge in [0.15, 0.2) is 0 Å². The molecule has 0 spiro atoms. The third kappa shape index (κ3) is 6.28. The third-order valence-electron chi connectivity index (χ3n) is 5.93. The molecule has 196 valence electrons. The Morgan fingerprint density at radius 1 is 1.25 bits per heavy atom. The molecule has 11 heteroatoms. The second-order valence-electron chi connectivity index (χ2n) is 11.3. The number of amides is 3. The van der Waals surface area contributed by atoms with Gasteiger partial charge in [-0.3, -0.25) is 14.6 Å². The zero-order chi connectivity index (χ0) is 27.1. The molecule has 1 N–H and O–H groups in total. The van der Waals surface area contributed by atoms with Crippen LogP contribution in [0.15, 0.2) is 6.07 Å². The highest BCUT2D eigenvalue weighted by atomic mass is 19.3. The summed E-state index contributed by atoms with van der Waals surface area (Å²) in [5, 5.41) is 11.6. The van der Waals surface area contributed by atoms with E-state index >= 15 is 0 Å². The molecule has 0 aromatic carbocycles. The monoisotopic (exact) mass is 505 g/mol. The van der Waals surface area contributed by atoms with Crippen LogP contribution in [0.25, 0.3) is 0 Å². The molecule has 36 heavy (non-hydrogen) atoms. The van der Waals surface area contributed by atoms with Crippen LogP contribution in [0.4, 0.5) is 13.6 Å². The molecule has 1 atom stereocenters. The number of alkyl halides is 2. The molecule has 3 rings (SSSR count). The molecule has 3 heterocycles. The van der Waals surface area contributed by atoms with Crippen molar-refractivity contribution in [2.45, 2.75) is 83.9 Å². The number of fused-ring (bicyclic) bond motifs is 1. The van der Waals surface area contributed by atoms with Crippen molar-refractivity contribution in [1.82, 2.24) is 20.1 Å². The Morgan fingerprint density at radius 3 is 2.50 bits per heavy atom. The van der Waals surface area contributed by atoms with Crippen molar-refractivity contribution < 1.29 is 27.9 Å². The molecule has 0 aliphatic carbocycles. The quantitative estimate of drug-likeness (QED) is 0.675. The van der Waals surface area contributed by atoms with Crippen LogP contribution in [0.3, 0.4) is 0 Å². The SMILES string of the molecule is CC(C)(C)OC(=O)N1CCc2cc(C(=O)NCC(=O)N3CC(F)(F)C[C@H]3C#N)c(C(C)(C)C)nc2C1. The number of nitriles is 1. The zero-order valence-electron chi connectivity index (χ0n) is 21.6. The second kappa shape index (κ2) is 9.64. The summed E-state index contributed by atoms with van der Waals surface area (Å²) in [6, 6.07) is 2.21. The van der Waals surface area contributed by atoms with Gasteiger partial charge >= 0.3 is 6.09 Å². The molecule has 2 aliphatic rings. The fraction of sp³-hybridized carbons (Fsp3) is 0.640. The standard InChI is InChI=1S/C25H33F2N5O4/c1-23(2,3)20-17(21(34)29-12-19(33)32-14-25(26,27)10-16(32)11-28)9-15-7-8-31(13-18(15)30-20)22(35)36-24(4,5)6/h9,16H,7-8,10,12-14H2,1-6H3,(H,29,34)/t16-/m0/s1. The predicted octanol–water partition coefficient (Wildman–Crippen LogP) is 3.16. The number of ether oxygens (including phenoxy) is 1. The van der Waals surface area contributed by atoms with E-state index in [4.69, 9.17) is 15.0 Å². The Bertz CT molecular complexity index is 1100. The maximum Gasteiger partial charge on any atom is 0.410 e. The third-order valence-corrected chi connectivity index (χ3v) is 5.93. The van der Waals surface area contributed by atoms with Crippen molar-refractivity contribution in [2.75, 3.05) is 19.6 Å². The summed E-state index contributed by atoms with van der Waals surface area (Å²) in [6.07, 6.45) is -0.680. The second-order valence-corrected chi connectivity index (χ2v) is 11.3. The minimum absolute atomic E-state index is 0.242. The molecule has 0 bridgehead atoms. The molecule has 0 unspecified atom stereocenters. The minimum Gasteiger partial charge on any atom is -0.444 e. The highest BCUT2D eigenvalue weighted by Crippen LogP contribution is 2.32. The number of likely N-dealkylation sites (tertiary alicyclic amines) is 1. The Morgan fingerprint density at radius 2 is 1.92 bits per heavy atom.